The van der Waals surface area contributed by atoms with E-state index in [-0.39, 0.29) is 11.5 Å². The molecule has 0 aliphatic heterocycles. The van der Waals surface area contributed by atoms with E-state index in [0.29, 0.717) is 21.8 Å². The number of hydrogen-bond acceptors (Lipinski definition) is 5. The molecule has 0 N–H and O–H groups in total. The Kier molecular flexibility index (Phi) is 5.98. The van der Waals surface area contributed by atoms with Crippen molar-refractivity contribution < 1.29 is 4.79 Å². The van der Waals surface area contributed by atoms with Crippen LogP contribution in [-0.2, 0) is 0 Å². The predicted molar refractivity (Wildman–Crippen MR) is 119 cm³/mol. The number of ketones is 1. The van der Waals surface area contributed by atoms with Crippen LogP contribution in [0.25, 0.3) is 22.4 Å². The van der Waals surface area contributed by atoms with Gasteiger partial charge in [-0.3, -0.25) is 4.79 Å². The normalized spacial score (nSPS) is 10.4. The smallest absolute Gasteiger partial charge is 0.173 e. The predicted octanol–water partition coefficient (Wildman–Crippen LogP) is 5.66. The highest BCUT2D eigenvalue weighted by molar-refractivity contribution is 8.00. The molecule has 0 unspecified atom stereocenters. The van der Waals surface area contributed by atoms with Crippen molar-refractivity contribution in [2.24, 2.45) is 0 Å². The molecule has 1 heterocycles. The van der Waals surface area contributed by atoms with Crippen LogP contribution >= 0.6 is 11.8 Å². The molecule has 5 heteroatoms. The Hall–Kier alpha value is -3.75. The summed E-state index contributed by atoms with van der Waals surface area (Å²) in [5, 5.41) is 19.2. The Labute approximate surface area is 179 Å². The lowest BCUT2D eigenvalue weighted by molar-refractivity contribution is 0.102. The number of nitriles is 1. The maximum atomic E-state index is 12.5. The van der Waals surface area contributed by atoms with Gasteiger partial charge in [0.1, 0.15) is 16.8 Å². The fourth-order valence-corrected chi connectivity index (χ4v) is 3.98. The van der Waals surface area contributed by atoms with Crippen molar-refractivity contribution in [3.63, 3.8) is 0 Å². The summed E-state index contributed by atoms with van der Waals surface area (Å²) >= 11 is 1.24. The first kappa shape index (κ1) is 19.6. The highest BCUT2D eigenvalue weighted by Gasteiger charge is 2.20. The third kappa shape index (κ3) is 4.14. The highest BCUT2D eigenvalue weighted by atomic mass is 32.2. The number of carbonyl (C=O) groups is 1. The zero-order valence-electron chi connectivity index (χ0n) is 16.0. The molecule has 0 amide bonds. The molecule has 0 spiro atoms. The van der Waals surface area contributed by atoms with Crippen LogP contribution in [0.5, 0.6) is 0 Å². The number of nitrogens with zero attached hydrogens (tertiary/aromatic N) is 3. The van der Waals surface area contributed by atoms with Gasteiger partial charge in [-0.25, -0.2) is 0 Å². The molecule has 0 bridgehead atoms. The summed E-state index contributed by atoms with van der Waals surface area (Å²) in [5.41, 5.74) is 4.23. The van der Waals surface area contributed by atoms with Crippen molar-refractivity contribution in [1.29, 1.82) is 5.26 Å². The molecule has 4 aromatic rings. The second-order valence-corrected chi connectivity index (χ2v) is 7.49. The van der Waals surface area contributed by atoms with Crippen LogP contribution in [0.15, 0.2) is 96.0 Å². The summed E-state index contributed by atoms with van der Waals surface area (Å²) in [5.74, 6) is 0.173. The van der Waals surface area contributed by atoms with Crippen LogP contribution in [0.3, 0.4) is 0 Å². The molecule has 0 saturated heterocycles. The molecular formula is C25H17N3OS. The van der Waals surface area contributed by atoms with E-state index in [0.717, 1.165) is 16.7 Å². The Morgan fingerprint density at radius 1 is 0.800 bits per heavy atom. The molecule has 1 aromatic heterocycles. The van der Waals surface area contributed by atoms with Gasteiger partial charge < -0.3 is 0 Å². The molecule has 0 saturated carbocycles. The first-order valence-electron chi connectivity index (χ1n) is 9.40. The Balaban J connectivity index is 1.76. The number of Topliss-reactive ketones (excluding diaryl/α,β-unsaturated/α-hetero) is 1. The molecule has 4 rings (SSSR count). The molecule has 3 aromatic carbocycles. The van der Waals surface area contributed by atoms with E-state index in [4.69, 9.17) is 0 Å². The Morgan fingerprint density at radius 3 is 1.97 bits per heavy atom. The van der Waals surface area contributed by atoms with Gasteiger partial charge >= 0.3 is 0 Å². The maximum Gasteiger partial charge on any atom is 0.173 e. The van der Waals surface area contributed by atoms with E-state index in [1.54, 1.807) is 12.1 Å². The summed E-state index contributed by atoms with van der Waals surface area (Å²) in [6.45, 7) is 0. The Morgan fingerprint density at radius 2 is 1.37 bits per heavy atom. The van der Waals surface area contributed by atoms with Crippen molar-refractivity contribution in [3.05, 3.63) is 102 Å². The molecule has 0 aliphatic carbocycles. The first-order valence-corrected chi connectivity index (χ1v) is 10.4. The van der Waals surface area contributed by atoms with Crippen molar-refractivity contribution in [2.45, 2.75) is 5.03 Å². The van der Waals surface area contributed by atoms with Crippen molar-refractivity contribution in [1.82, 2.24) is 10.2 Å². The van der Waals surface area contributed by atoms with Crippen LogP contribution in [0.2, 0.25) is 0 Å². The van der Waals surface area contributed by atoms with Gasteiger partial charge in [-0.2, -0.15) is 5.26 Å². The lowest BCUT2D eigenvalue weighted by Crippen LogP contribution is -2.05. The van der Waals surface area contributed by atoms with Gasteiger partial charge in [-0.15, -0.1) is 10.2 Å². The minimum absolute atomic E-state index is 0.0142. The number of carbonyl (C=O) groups excluding carboxylic acids is 1. The van der Waals surface area contributed by atoms with Gasteiger partial charge in [-0.1, -0.05) is 103 Å². The first-order chi connectivity index (χ1) is 14.8. The third-order valence-electron chi connectivity index (χ3n) is 4.60. The largest absolute Gasteiger partial charge is 0.293 e. The molecular weight excluding hydrogens is 390 g/mol. The monoisotopic (exact) mass is 407 g/mol. The van der Waals surface area contributed by atoms with Gasteiger partial charge in [0, 0.05) is 16.7 Å². The number of hydrogen-bond donors (Lipinski definition) is 0. The molecule has 30 heavy (non-hydrogen) atoms. The average molecular weight is 407 g/mol. The zero-order valence-corrected chi connectivity index (χ0v) is 16.8. The van der Waals surface area contributed by atoms with E-state index in [1.165, 1.54) is 11.8 Å². The second kappa shape index (κ2) is 9.17. The summed E-state index contributed by atoms with van der Waals surface area (Å²) in [4.78, 5) is 12.5. The number of thioether (sulfide) groups is 1. The van der Waals surface area contributed by atoms with Crippen LogP contribution in [0, 0.1) is 11.3 Å². The van der Waals surface area contributed by atoms with E-state index in [1.807, 2.05) is 78.9 Å². The average Bonchev–Trinajstić information content (AvgIpc) is 2.83. The molecule has 0 fully saturated rings. The van der Waals surface area contributed by atoms with Crippen LogP contribution in [0.1, 0.15) is 15.9 Å². The van der Waals surface area contributed by atoms with E-state index >= 15 is 0 Å². The standard InChI is InChI=1S/C25H17N3OS/c26-16-21-23(19-12-6-2-7-13-19)24(20-14-8-3-9-15-20)27-28-25(21)30-17-22(29)18-10-4-1-5-11-18/h1-15H,17H2. The van der Waals surface area contributed by atoms with Crippen molar-refractivity contribution >= 4 is 17.5 Å². The van der Waals surface area contributed by atoms with Gasteiger partial charge in [0.2, 0.25) is 0 Å². The quantitative estimate of drug-likeness (QED) is 0.305. The highest BCUT2D eigenvalue weighted by Crippen LogP contribution is 2.36. The van der Waals surface area contributed by atoms with Crippen molar-refractivity contribution in [2.75, 3.05) is 5.75 Å². The topological polar surface area (TPSA) is 66.6 Å². The van der Waals surface area contributed by atoms with Crippen molar-refractivity contribution in [3.8, 4) is 28.5 Å². The second-order valence-electron chi connectivity index (χ2n) is 6.53. The summed E-state index contributed by atoms with van der Waals surface area (Å²) in [6.07, 6.45) is 0. The summed E-state index contributed by atoms with van der Waals surface area (Å²) in [6, 6.07) is 30.8. The fraction of sp³-hybridized carbons (Fsp3) is 0.0400. The third-order valence-corrected chi connectivity index (χ3v) is 5.56. The van der Waals surface area contributed by atoms with Gasteiger partial charge in [-0.05, 0) is 5.56 Å². The Bertz CT molecular complexity index is 1200. The number of aromatic nitrogens is 2. The van der Waals surface area contributed by atoms with Crippen LogP contribution < -0.4 is 0 Å². The molecule has 0 aliphatic rings. The van der Waals surface area contributed by atoms with E-state index in [9.17, 15) is 10.1 Å². The minimum atomic E-state index is -0.0142. The number of benzene rings is 3. The SMILES string of the molecule is N#Cc1c(SCC(=O)c2ccccc2)nnc(-c2ccccc2)c1-c1ccccc1. The lowest BCUT2D eigenvalue weighted by Gasteiger charge is -2.13. The maximum absolute atomic E-state index is 12.5. The van der Waals surface area contributed by atoms with Gasteiger partial charge in [0.25, 0.3) is 0 Å². The van der Waals surface area contributed by atoms with E-state index in [2.05, 4.69) is 16.3 Å². The van der Waals surface area contributed by atoms with E-state index < -0.39 is 0 Å². The van der Waals surface area contributed by atoms with Gasteiger partial charge in [0.15, 0.2) is 5.78 Å². The molecule has 0 atom stereocenters. The number of rotatable bonds is 6. The molecule has 0 radical (unpaired) electrons. The molecule has 4 nitrogen and oxygen atoms in total. The fourth-order valence-electron chi connectivity index (χ4n) is 3.15. The van der Waals surface area contributed by atoms with Crippen LogP contribution in [0.4, 0.5) is 0 Å². The lowest BCUT2D eigenvalue weighted by atomic mass is 9.96. The molecule has 144 valence electrons. The minimum Gasteiger partial charge on any atom is -0.293 e. The van der Waals surface area contributed by atoms with Gasteiger partial charge in [0.05, 0.1) is 11.3 Å². The zero-order chi connectivity index (χ0) is 20.8. The summed E-state index contributed by atoms with van der Waals surface area (Å²) < 4.78 is 0. The van der Waals surface area contributed by atoms with Crippen LogP contribution in [-0.4, -0.2) is 21.7 Å². The summed E-state index contributed by atoms with van der Waals surface area (Å²) in [7, 11) is 0.